The maximum absolute atomic E-state index is 14.0. The van der Waals surface area contributed by atoms with Gasteiger partial charge in [0.1, 0.15) is 12.6 Å². The smallest absolute Gasteiger partial charge is 0.264 e. The van der Waals surface area contributed by atoms with Crippen molar-refractivity contribution in [1.82, 2.24) is 10.2 Å². The van der Waals surface area contributed by atoms with Gasteiger partial charge in [0.2, 0.25) is 11.8 Å². The molecule has 1 N–H and O–H groups in total. The van der Waals surface area contributed by atoms with Crippen molar-refractivity contribution in [2.75, 3.05) is 10.8 Å². The number of carbonyl (C=O) groups excluding carboxylic acids is 2. The maximum atomic E-state index is 14.0. The zero-order valence-corrected chi connectivity index (χ0v) is 24.6. The van der Waals surface area contributed by atoms with Crippen molar-refractivity contribution in [3.63, 3.8) is 0 Å². The van der Waals surface area contributed by atoms with Gasteiger partial charge < -0.3 is 10.2 Å². The highest BCUT2D eigenvalue weighted by atomic mass is 35.5. The number of benzene rings is 3. The fourth-order valence-corrected chi connectivity index (χ4v) is 5.61. The van der Waals surface area contributed by atoms with Crippen molar-refractivity contribution >= 4 is 39.1 Å². The minimum absolute atomic E-state index is 0.0414. The molecule has 208 valence electrons. The summed E-state index contributed by atoms with van der Waals surface area (Å²) in [6.07, 6.45) is 0.729. The number of nitrogens with zero attached hydrogens (tertiary/aromatic N) is 2. The Bertz CT molecular complexity index is 1410. The number of rotatable bonds is 11. The number of hydrogen-bond acceptors (Lipinski definition) is 4. The summed E-state index contributed by atoms with van der Waals surface area (Å²) < 4.78 is 28.8. The lowest BCUT2D eigenvalue weighted by Gasteiger charge is -2.32. The zero-order chi connectivity index (χ0) is 28.7. The van der Waals surface area contributed by atoms with Gasteiger partial charge >= 0.3 is 0 Å². The molecule has 9 heteroatoms. The molecule has 3 aromatic rings. The van der Waals surface area contributed by atoms with Crippen LogP contribution in [0, 0.1) is 13.8 Å². The molecule has 0 aliphatic rings. The molecule has 0 saturated carbocycles. The van der Waals surface area contributed by atoms with Gasteiger partial charge in [0.25, 0.3) is 10.0 Å². The van der Waals surface area contributed by atoms with E-state index in [-0.39, 0.29) is 23.4 Å². The molecule has 7 nitrogen and oxygen atoms in total. The molecule has 2 amide bonds. The Balaban J connectivity index is 2.05. The standard InChI is InChI=1S/C30H36ClN3O4S/c1-6-23(4)32-30(36)24(5)33(19-25-12-10-11-15-28(25)31)29(35)20-34(26-17-16-21(2)22(3)18-26)39(37,38)27-13-8-7-9-14-27/h7-18,23-24H,6,19-20H2,1-5H3,(H,32,36)/t23-,24-/m1/s1. The fourth-order valence-electron chi connectivity index (χ4n) is 3.99. The summed E-state index contributed by atoms with van der Waals surface area (Å²) in [7, 11) is -4.10. The van der Waals surface area contributed by atoms with E-state index in [4.69, 9.17) is 11.6 Å². The molecule has 0 aromatic heterocycles. The fraction of sp³-hybridized carbons (Fsp3) is 0.333. The van der Waals surface area contributed by atoms with E-state index in [0.29, 0.717) is 16.3 Å². The van der Waals surface area contributed by atoms with E-state index in [0.717, 1.165) is 21.9 Å². The van der Waals surface area contributed by atoms with Crippen molar-refractivity contribution in [3.05, 3.63) is 94.5 Å². The predicted octanol–water partition coefficient (Wildman–Crippen LogP) is 5.48. The SMILES string of the molecule is CC[C@@H](C)NC(=O)[C@@H](C)N(Cc1ccccc1Cl)C(=O)CN(c1ccc(C)c(C)c1)S(=O)(=O)c1ccccc1. The number of halogens is 1. The summed E-state index contributed by atoms with van der Waals surface area (Å²) in [6.45, 7) is 8.85. The van der Waals surface area contributed by atoms with E-state index < -0.39 is 28.5 Å². The lowest BCUT2D eigenvalue weighted by molar-refractivity contribution is -0.139. The van der Waals surface area contributed by atoms with Crippen LogP contribution in [0.5, 0.6) is 0 Å². The Morgan fingerprint density at radius 1 is 0.923 bits per heavy atom. The minimum Gasteiger partial charge on any atom is -0.352 e. The molecule has 0 unspecified atom stereocenters. The number of anilines is 1. The summed E-state index contributed by atoms with van der Waals surface area (Å²) in [4.78, 5) is 28.5. The molecule has 2 atom stereocenters. The molecular weight excluding hydrogens is 534 g/mol. The molecule has 0 fully saturated rings. The van der Waals surface area contributed by atoms with E-state index in [2.05, 4.69) is 5.32 Å². The van der Waals surface area contributed by atoms with Crippen LogP contribution >= 0.6 is 11.6 Å². The molecule has 3 aromatic carbocycles. The first-order valence-electron chi connectivity index (χ1n) is 12.9. The van der Waals surface area contributed by atoms with Gasteiger partial charge in [-0.25, -0.2) is 8.42 Å². The van der Waals surface area contributed by atoms with E-state index in [1.54, 1.807) is 61.5 Å². The summed E-state index contributed by atoms with van der Waals surface area (Å²) in [5.74, 6) is -0.854. The predicted molar refractivity (Wildman–Crippen MR) is 156 cm³/mol. The molecule has 0 bridgehead atoms. The highest BCUT2D eigenvalue weighted by molar-refractivity contribution is 7.92. The lowest BCUT2D eigenvalue weighted by Crippen LogP contribution is -2.52. The molecule has 0 heterocycles. The van der Waals surface area contributed by atoms with Gasteiger partial charge in [-0.15, -0.1) is 0 Å². The van der Waals surface area contributed by atoms with Crippen molar-refractivity contribution in [1.29, 1.82) is 0 Å². The molecular formula is C30H36ClN3O4S. The van der Waals surface area contributed by atoms with Gasteiger partial charge in [-0.3, -0.25) is 13.9 Å². The highest BCUT2D eigenvalue weighted by Crippen LogP contribution is 2.27. The van der Waals surface area contributed by atoms with Crippen LogP contribution in [0.1, 0.15) is 43.9 Å². The summed E-state index contributed by atoms with van der Waals surface area (Å²) in [5.41, 5.74) is 2.91. The topological polar surface area (TPSA) is 86.8 Å². The molecule has 0 saturated heterocycles. The van der Waals surface area contributed by atoms with Crippen LogP contribution in [-0.4, -0.2) is 43.8 Å². The quantitative estimate of drug-likeness (QED) is 0.331. The van der Waals surface area contributed by atoms with Crippen LogP contribution in [0.25, 0.3) is 0 Å². The number of carbonyl (C=O) groups is 2. The number of amides is 2. The summed E-state index contributed by atoms with van der Waals surface area (Å²) in [5, 5.41) is 3.37. The molecule has 3 rings (SSSR count). The second-order valence-electron chi connectivity index (χ2n) is 9.70. The number of nitrogens with one attached hydrogen (secondary N) is 1. The van der Waals surface area contributed by atoms with Crippen LogP contribution in [0.15, 0.2) is 77.7 Å². The van der Waals surface area contributed by atoms with E-state index in [1.807, 2.05) is 33.8 Å². The van der Waals surface area contributed by atoms with Gasteiger partial charge in [0.05, 0.1) is 10.6 Å². The Morgan fingerprint density at radius 2 is 1.56 bits per heavy atom. The average molecular weight is 570 g/mol. The van der Waals surface area contributed by atoms with Crippen LogP contribution in [-0.2, 0) is 26.2 Å². The van der Waals surface area contributed by atoms with E-state index >= 15 is 0 Å². The second kappa shape index (κ2) is 13.1. The van der Waals surface area contributed by atoms with Crippen molar-refractivity contribution in [2.45, 2.75) is 64.6 Å². The third-order valence-electron chi connectivity index (χ3n) is 6.86. The lowest BCUT2D eigenvalue weighted by atomic mass is 10.1. The first-order chi connectivity index (χ1) is 18.4. The number of hydrogen-bond donors (Lipinski definition) is 1. The van der Waals surface area contributed by atoms with Crippen LogP contribution in [0.2, 0.25) is 5.02 Å². The Hall–Kier alpha value is -3.36. The molecule has 0 radical (unpaired) electrons. The monoisotopic (exact) mass is 569 g/mol. The summed E-state index contributed by atoms with van der Waals surface area (Å²) in [6, 6.07) is 19.4. The Morgan fingerprint density at radius 3 is 2.18 bits per heavy atom. The van der Waals surface area contributed by atoms with Crippen molar-refractivity contribution in [3.8, 4) is 0 Å². The molecule has 0 aliphatic carbocycles. The minimum atomic E-state index is -4.10. The largest absolute Gasteiger partial charge is 0.352 e. The number of sulfonamides is 1. The average Bonchev–Trinajstić information content (AvgIpc) is 2.92. The van der Waals surface area contributed by atoms with Crippen LogP contribution < -0.4 is 9.62 Å². The van der Waals surface area contributed by atoms with Gasteiger partial charge in [-0.1, -0.05) is 61.0 Å². The zero-order valence-electron chi connectivity index (χ0n) is 23.0. The third-order valence-corrected chi connectivity index (χ3v) is 9.01. The van der Waals surface area contributed by atoms with Crippen LogP contribution in [0.3, 0.4) is 0 Å². The number of aryl methyl sites for hydroxylation is 2. The van der Waals surface area contributed by atoms with Crippen LogP contribution in [0.4, 0.5) is 5.69 Å². The second-order valence-corrected chi connectivity index (χ2v) is 12.0. The van der Waals surface area contributed by atoms with Crippen molar-refractivity contribution in [2.24, 2.45) is 0 Å². The first-order valence-corrected chi connectivity index (χ1v) is 14.8. The molecule has 0 aliphatic heterocycles. The van der Waals surface area contributed by atoms with Gasteiger partial charge in [0, 0.05) is 17.6 Å². The van der Waals surface area contributed by atoms with Crippen molar-refractivity contribution < 1.29 is 18.0 Å². The Kier molecular flexibility index (Phi) is 10.2. The molecule has 39 heavy (non-hydrogen) atoms. The maximum Gasteiger partial charge on any atom is 0.264 e. The van der Waals surface area contributed by atoms with E-state index in [9.17, 15) is 18.0 Å². The first kappa shape index (κ1) is 30.2. The highest BCUT2D eigenvalue weighted by Gasteiger charge is 2.33. The third kappa shape index (κ3) is 7.40. The van der Waals surface area contributed by atoms with Gasteiger partial charge in [0.15, 0.2) is 0 Å². The van der Waals surface area contributed by atoms with Gasteiger partial charge in [-0.05, 0) is 81.1 Å². The van der Waals surface area contributed by atoms with E-state index in [1.165, 1.54) is 17.0 Å². The summed E-state index contributed by atoms with van der Waals surface area (Å²) >= 11 is 6.41. The molecule has 0 spiro atoms. The Labute approximate surface area is 236 Å². The van der Waals surface area contributed by atoms with Gasteiger partial charge in [-0.2, -0.15) is 0 Å². The normalized spacial score (nSPS) is 12.9.